The SMILES string of the molecule is O=C1Oc2ccccc2[C@H]2ON=C(c3c(Cl)cccc3Cl)[C@@H]12. The lowest BCUT2D eigenvalue weighted by Crippen LogP contribution is -2.35. The van der Waals surface area contributed by atoms with Gasteiger partial charge in [0.05, 0.1) is 10.0 Å². The Hall–Kier alpha value is -2.04. The van der Waals surface area contributed by atoms with Crippen LogP contribution in [0.2, 0.25) is 10.0 Å². The molecule has 0 aromatic heterocycles. The lowest BCUT2D eigenvalue weighted by Gasteiger charge is -2.25. The summed E-state index contributed by atoms with van der Waals surface area (Å²) in [6, 6.07) is 12.4. The lowest BCUT2D eigenvalue weighted by atomic mass is 9.86. The van der Waals surface area contributed by atoms with Crippen LogP contribution in [0.1, 0.15) is 17.2 Å². The van der Waals surface area contributed by atoms with Gasteiger partial charge in [0, 0.05) is 11.1 Å². The number of hydrogen-bond acceptors (Lipinski definition) is 4. The fraction of sp³-hybridized carbons (Fsp3) is 0.125. The van der Waals surface area contributed by atoms with Crippen molar-refractivity contribution in [1.29, 1.82) is 0 Å². The third-order valence-electron chi connectivity index (χ3n) is 3.77. The molecule has 2 atom stereocenters. The minimum atomic E-state index is -0.674. The van der Waals surface area contributed by atoms with E-state index in [0.29, 0.717) is 27.1 Å². The van der Waals surface area contributed by atoms with E-state index >= 15 is 0 Å². The zero-order valence-corrected chi connectivity index (χ0v) is 12.6. The Morgan fingerprint density at radius 2 is 1.73 bits per heavy atom. The second kappa shape index (κ2) is 5.00. The van der Waals surface area contributed by atoms with E-state index in [4.69, 9.17) is 32.8 Å². The summed E-state index contributed by atoms with van der Waals surface area (Å²) < 4.78 is 5.39. The molecular weight excluding hydrogens is 325 g/mol. The Labute approximate surface area is 136 Å². The third kappa shape index (κ3) is 1.91. The van der Waals surface area contributed by atoms with Gasteiger partial charge in [0.2, 0.25) is 0 Å². The average molecular weight is 334 g/mol. The molecule has 2 aliphatic rings. The van der Waals surface area contributed by atoms with Crippen molar-refractivity contribution in [3.63, 3.8) is 0 Å². The molecule has 0 aliphatic carbocycles. The number of rotatable bonds is 1. The van der Waals surface area contributed by atoms with Crippen LogP contribution >= 0.6 is 23.2 Å². The molecule has 2 heterocycles. The summed E-state index contributed by atoms with van der Waals surface area (Å²) in [5.41, 5.74) is 1.70. The highest BCUT2D eigenvalue weighted by atomic mass is 35.5. The molecule has 0 unspecified atom stereocenters. The van der Waals surface area contributed by atoms with E-state index < -0.39 is 18.0 Å². The molecule has 0 saturated heterocycles. The number of hydrogen-bond donors (Lipinski definition) is 0. The predicted octanol–water partition coefficient (Wildman–Crippen LogP) is 4.00. The fourth-order valence-electron chi connectivity index (χ4n) is 2.77. The maximum absolute atomic E-state index is 12.4. The van der Waals surface area contributed by atoms with Gasteiger partial charge in [-0.25, -0.2) is 0 Å². The summed E-state index contributed by atoms with van der Waals surface area (Å²) in [7, 11) is 0. The van der Waals surface area contributed by atoms with Gasteiger partial charge in [-0.3, -0.25) is 4.79 Å². The van der Waals surface area contributed by atoms with E-state index in [2.05, 4.69) is 5.16 Å². The number of fused-ring (bicyclic) bond motifs is 3. The monoisotopic (exact) mass is 333 g/mol. The molecule has 4 rings (SSSR count). The van der Waals surface area contributed by atoms with Gasteiger partial charge in [-0.2, -0.15) is 0 Å². The van der Waals surface area contributed by atoms with Crippen molar-refractivity contribution >= 4 is 34.9 Å². The van der Waals surface area contributed by atoms with Gasteiger partial charge in [-0.05, 0) is 18.2 Å². The molecule has 22 heavy (non-hydrogen) atoms. The second-order valence-corrected chi connectivity index (χ2v) is 5.85. The number of halogens is 2. The highest BCUT2D eigenvalue weighted by molar-refractivity contribution is 6.41. The number of para-hydroxylation sites is 1. The molecule has 0 bridgehead atoms. The zero-order valence-electron chi connectivity index (χ0n) is 11.1. The molecule has 0 saturated carbocycles. The average Bonchev–Trinajstić information content (AvgIpc) is 2.93. The van der Waals surface area contributed by atoms with E-state index in [1.807, 2.05) is 12.1 Å². The Morgan fingerprint density at radius 1 is 1.00 bits per heavy atom. The van der Waals surface area contributed by atoms with E-state index in [9.17, 15) is 4.79 Å². The van der Waals surface area contributed by atoms with Crippen LogP contribution < -0.4 is 4.74 Å². The molecule has 4 nitrogen and oxygen atoms in total. The molecule has 0 N–H and O–H groups in total. The molecular formula is C16H9Cl2NO3. The summed E-state index contributed by atoms with van der Waals surface area (Å²) in [4.78, 5) is 17.9. The van der Waals surface area contributed by atoms with Crippen LogP contribution in [0.5, 0.6) is 5.75 Å². The number of esters is 1. The van der Waals surface area contributed by atoms with Gasteiger partial charge in [-0.15, -0.1) is 0 Å². The number of carbonyl (C=O) groups excluding carboxylic acids is 1. The van der Waals surface area contributed by atoms with Gasteiger partial charge >= 0.3 is 5.97 Å². The first-order valence-corrected chi connectivity index (χ1v) is 7.41. The molecule has 0 radical (unpaired) electrons. The lowest BCUT2D eigenvalue weighted by molar-refractivity contribution is -0.142. The molecule has 0 spiro atoms. The largest absolute Gasteiger partial charge is 0.425 e. The van der Waals surface area contributed by atoms with Crippen LogP contribution in [0.3, 0.4) is 0 Å². The van der Waals surface area contributed by atoms with Crippen LogP contribution in [-0.4, -0.2) is 11.7 Å². The summed E-state index contributed by atoms with van der Waals surface area (Å²) in [6.07, 6.45) is -0.514. The highest BCUT2D eigenvalue weighted by Gasteiger charge is 2.48. The van der Waals surface area contributed by atoms with Gasteiger partial charge < -0.3 is 9.57 Å². The molecule has 0 amide bonds. The van der Waals surface area contributed by atoms with Gasteiger partial charge in [0.1, 0.15) is 17.4 Å². The van der Waals surface area contributed by atoms with Crippen molar-refractivity contribution in [1.82, 2.24) is 0 Å². The molecule has 110 valence electrons. The van der Waals surface area contributed by atoms with Crippen LogP contribution in [0.4, 0.5) is 0 Å². The quantitative estimate of drug-likeness (QED) is 0.585. The molecule has 2 aromatic rings. The van der Waals surface area contributed by atoms with Crippen LogP contribution in [0, 0.1) is 5.92 Å². The summed E-state index contributed by atoms with van der Waals surface area (Å²) in [5, 5.41) is 4.91. The minimum absolute atomic E-state index is 0.403. The van der Waals surface area contributed by atoms with Crippen molar-refractivity contribution in [2.75, 3.05) is 0 Å². The number of nitrogens with zero attached hydrogens (tertiary/aromatic N) is 1. The summed E-state index contributed by atoms with van der Waals surface area (Å²) in [5.74, 6) is -0.598. The van der Waals surface area contributed by atoms with Crippen LogP contribution in [0.25, 0.3) is 0 Å². The van der Waals surface area contributed by atoms with Crippen molar-refractivity contribution < 1.29 is 14.4 Å². The van der Waals surface area contributed by atoms with Crippen molar-refractivity contribution in [3.8, 4) is 5.75 Å². The number of ether oxygens (including phenoxy) is 1. The Kier molecular flexibility index (Phi) is 3.10. The standard InChI is InChI=1S/C16H9Cl2NO3/c17-9-5-3-6-10(18)12(9)14-13-15(22-19-14)8-4-1-2-7-11(8)21-16(13)20/h1-7,13,15H/t13-,15-/m1/s1. The number of benzene rings is 2. The van der Waals surface area contributed by atoms with Crippen molar-refractivity contribution in [3.05, 3.63) is 63.6 Å². The van der Waals surface area contributed by atoms with E-state index in [0.717, 1.165) is 5.56 Å². The first kappa shape index (κ1) is 13.6. The predicted molar refractivity (Wildman–Crippen MR) is 82.4 cm³/mol. The Balaban J connectivity index is 1.82. The van der Waals surface area contributed by atoms with E-state index in [1.54, 1.807) is 30.3 Å². The maximum Gasteiger partial charge on any atom is 0.324 e. The number of oxime groups is 1. The van der Waals surface area contributed by atoms with E-state index in [-0.39, 0.29) is 0 Å². The van der Waals surface area contributed by atoms with Gasteiger partial charge in [0.25, 0.3) is 0 Å². The van der Waals surface area contributed by atoms with E-state index in [1.165, 1.54) is 0 Å². The maximum atomic E-state index is 12.4. The van der Waals surface area contributed by atoms with Crippen molar-refractivity contribution in [2.45, 2.75) is 6.10 Å². The van der Waals surface area contributed by atoms with Crippen molar-refractivity contribution in [2.24, 2.45) is 11.1 Å². The zero-order chi connectivity index (χ0) is 15.3. The normalized spacial score (nSPS) is 22.3. The smallest absolute Gasteiger partial charge is 0.324 e. The Morgan fingerprint density at radius 3 is 2.50 bits per heavy atom. The Bertz CT molecular complexity index is 799. The second-order valence-electron chi connectivity index (χ2n) is 5.04. The third-order valence-corrected chi connectivity index (χ3v) is 4.40. The molecule has 2 aromatic carbocycles. The first-order chi connectivity index (χ1) is 10.7. The van der Waals surface area contributed by atoms with Gasteiger partial charge in [-0.1, -0.05) is 52.6 Å². The molecule has 6 heteroatoms. The molecule has 0 fully saturated rings. The number of carbonyl (C=O) groups is 1. The minimum Gasteiger partial charge on any atom is -0.425 e. The van der Waals surface area contributed by atoms with Crippen LogP contribution in [0.15, 0.2) is 47.6 Å². The highest BCUT2D eigenvalue weighted by Crippen LogP contribution is 2.45. The molecule has 2 aliphatic heterocycles. The van der Waals surface area contributed by atoms with Gasteiger partial charge in [0.15, 0.2) is 6.10 Å². The fourth-order valence-corrected chi connectivity index (χ4v) is 3.36. The first-order valence-electron chi connectivity index (χ1n) is 6.65. The topological polar surface area (TPSA) is 47.9 Å². The summed E-state index contributed by atoms with van der Waals surface area (Å²) >= 11 is 12.4. The van der Waals surface area contributed by atoms with Crippen LogP contribution in [-0.2, 0) is 9.63 Å². The summed E-state index contributed by atoms with van der Waals surface area (Å²) in [6.45, 7) is 0.